The van der Waals surface area contributed by atoms with Gasteiger partial charge >= 0.3 is 5.97 Å². The zero-order valence-corrected chi connectivity index (χ0v) is 18.7. The molecule has 11 nitrogen and oxygen atoms in total. The number of likely N-dealkylation sites (N-methyl/N-ethyl adjacent to an activating group) is 1. The molecule has 2 aromatic rings. The molecular formula is C20H24N4O7S. The van der Waals surface area contributed by atoms with Crippen molar-refractivity contribution in [1.29, 1.82) is 0 Å². The lowest BCUT2D eigenvalue weighted by molar-refractivity contribution is -0.384. The molecule has 1 N–H and O–H groups in total. The van der Waals surface area contributed by atoms with Crippen LogP contribution in [0.15, 0.2) is 53.4 Å². The summed E-state index contributed by atoms with van der Waals surface area (Å²) in [4.78, 5) is 37.0. The van der Waals surface area contributed by atoms with E-state index in [1.807, 2.05) is 35.1 Å². The standard InChI is InChI=1S/C20H24N4O7S/c1-22(2)17-10-9-16(11-18(17)24(27)28)32(29,30)21-12-20(26)31-14-19(25)23(3)13-15-7-5-4-6-8-15/h4-11,21H,12-14H2,1-3H3. The summed E-state index contributed by atoms with van der Waals surface area (Å²) in [6.45, 7) is -0.959. The fourth-order valence-electron chi connectivity index (χ4n) is 2.68. The predicted molar refractivity (Wildman–Crippen MR) is 116 cm³/mol. The number of benzene rings is 2. The molecule has 0 saturated heterocycles. The van der Waals surface area contributed by atoms with Gasteiger partial charge in [-0.15, -0.1) is 0 Å². The zero-order chi connectivity index (χ0) is 23.9. The number of anilines is 1. The molecule has 2 rings (SSSR count). The number of amides is 1. The Labute approximate surface area is 185 Å². The fourth-order valence-corrected chi connectivity index (χ4v) is 3.67. The Hall–Kier alpha value is -3.51. The third kappa shape index (κ3) is 6.75. The summed E-state index contributed by atoms with van der Waals surface area (Å²) in [6.07, 6.45) is 0. The van der Waals surface area contributed by atoms with E-state index in [1.54, 1.807) is 21.1 Å². The Bertz CT molecular complexity index is 1090. The molecule has 0 aliphatic heterocycles. The fraction of sp³-hybridized carbons (Fsp3) is 0.300. The maximum absolute atomic E-state index is 12.4. The second kappa shape index (κ2) is 10.7. The van der Waals surface area contributed by atoms with Gasteiger partial charge in [-0.05, 0) is 17.7 Å². The van der Waals surface area contributed by atoms with Crippen molar-refractivity contribution < 1.29 is 27.7 Å². The highest BCUT2D eigenvalue weighted by Gasteiger charge is 2.23. The maximum Gasteiger partial charge on any atom is 0.321 e. The lowest BCUT2D eigenvalue weighted by Crippen LogP contribution is -2.34. The van der Waals surface area contributed by atoms with E-state index in [1.165, 1.54) is 21.9 Å². The molecule has 0 heterocycles. The van der Waals surface area contributed by atoms with Crippen LogP contribution in [-0.4, -0.2) is 64.4 Å². The van der Waals surface area contributed by atoms with Crippen molar-refractivity contribution in [3.63, 3.8) is 0 Å². The third-order valence-corrected chi connectivity index (χ3v) is 5.79. The van der Waals surface area contributed by atoms with Crippen molar-refractivity contribution in [2.24, 2.45) is 0 Å². The van der Waals surface area contributed by atoms with Crippen molar-refractivity contribution in [3.05, 3.63) is 64.2 Å². The molecule has 12 heteroatoms. The molecule has 32 heavy (non-hydrogen) atoms. The molecule has 0 aromatic heterocycles. The van der Waals surface area contributed by atoms with E-state index in [2.05, 4.69) is 0 Å². The highest BCUT2D eigenvalue weighted by atomic mass is 32.2. The number of nitrogens with one attached hydrogen (secondary N) is 1. The molecular weight excluding hydrogens is 440 g/mol. The molecule has 0 atom stereocenters. The summed E-state index contributed by atoms with van der Waals surface area (Å²) in [5, 5.41) is 11.2. The Morgan fingerprint density at radius 1 is 1.09 bits per heavy atom. The summed E-state index contributed by atoms with van der Waals surface area (Å²) in [6, 6.07) is 12.6. The first-order valence-electron chi connectivity index (χ1n) is 9.40. The van der Waals surface area contributed by atoms with Gasteiger partial charge in [-0.2, -0.15) is 4.72 Å². The Kier molecular flexibility index (Phi) is 8.27. The van der Waals surface area contributed by atoms with Crippen LogP contribution in [0.1, 0.15) is 5.56 Å². The van der Waals surface area contributed by atoms with Crippen LogP contribution in [0.4, 0.5) is 11.4 Å². The van der Waals surface area contributed by atoms with Crippen molar-refractivity contribution in [1.82, 2.24) is 9.62 Å². The number of carbonyl (C=O) groups excluding carboxylic acids is 2. The van der Waals surface area contributed by atoms with E-state index in [4.69, 9.17) is 4.74 Å². The molecule has 0 spiro atoms. The number of esters is 1. The van der Waals surface area contributed by atoms with Crippen LogP contribution in [0.5, 0.6) is 0 Å². The average molecular weight is 465 g/mol. The number of ether oxygens (including phenoxy) is 1. The summed E-state index contributed by atoms with van der Waals surface area (Å²) < 4.78 is 31.7. The molecule has 0 aliphatic carbocycles. The van der Waals surface area contributed by atoms with Gasteiger partial charge in [-0.3, -0.25) is 19.7 Å². The monoisotopic (exact) mass is 464 g/mol. The van der Waals surface area contributed by atoms with Crippen LogP contribution in [0.2, 0.25) is 0 Å². The van der Waals surface area contributed by atoms with Gasteiger partial charge in [-0.25, -0.2) is 8.42 Å². The van der Waals surface area contributed by atoms with Crippen LogP contribution in [0, 0.1) is 10.1 Å². The van der Waals surface area contributed by atoms with Crippen LogP contribution >= 0.6 is 0 Å². The molecule has 172 valence electrons. The topological polar surface area (TPSA) is 139 Å². The minimum Gasteiger partial charge on any atom is -0.455 e. The number of nitro benzene ring substituents is 1. The lowest BCUT2D eigenvalue weighted by atomic mass is 10.2. The van der Waals surface area contributed by atoms with Gasteiger partial charge in [0.05, 0.1) is 9.82 Å². The molecule has 0 saturated carbocycles. The molecule has 0 unspecified atom stereocenters. The second-order valence-electron chi connectivity index (χ2n) is 7.02. The first-order valence-corrected chi connectivity index (χ1v) is 10.9. The quantitative estimate of drug-likeness (QED) is 0.314. The van der Waals surface area contributed by atoms with Gasteiger partial charge in [-0.1, -0.05) is 30.3 Å². The van der Waals surface area contributed by atoms with Gasteiger partial charge in [0.2, 0.25) is 10.0 Å². The molecule has 1 amide bonds. The third-order valence-electron chi connectivity index (χ3n) is 4.39. The van der Waals surface area contributed by atoms with E-state index in [-0.39, 0.29) is 10.6 Å². The molecule has 0 aliphatic rings. The zero-order valence-electron chi connectivity index (χ0n) is 17.8. The highest BCUT2D eigenvalue weighted by molar-refractivity contribution is 7.89. The maximum atomic E-state index is 12.4. The van der Waals surface area contributed by atoms with Crippen LogP contribution < -0.4 is 9.62 Å². The molecule has 0 bridgehead atoms. The SMILES string of the molecule is CN(Cc1ccccc1)C(=O)COC(=O)CNS(=O)(=O)c1ccc(N(C)C)c([N+](=O)[O-])c1. The molecule has 0 fully saturated rings. The number of hydrogen-bond acceptors (Lipinski definition) is 8. The Balaban J connectivity index is 1.92. The minimum atomic E-state index is -4.22. The van der Waals surface area contributed by atoms with Gasteiger partial charge in [0.15, 0.2) is 6.61 Å². The smallest absolute Gasteiger partial charge is 0.321 e. The van der Waals surface area contributed by atoms with Crippen molar-refractivity contribution in [2.75, 3.05) is 39.2 Å². The lowest BCUT2D eigenvalue weighted by Gasteiger charge is -2.17. The van der Waals surface area contributed by atoms with Crippen molar-refractivity contribution in [2.45, 2.75) is 11.4 Å². The van der Waals surface area contributed by atoms with E-state index in [0.717, 1.165) is 11.6 Å². The van der Waals surface area contributed by atoms with E-state index < -0.39 is 45.7 Å². The predicted octanol–water partition coefficient (Wildman–Crippen LogP) is 1.14. The summed E-state index contributed by atoms with van der Waals surface area (Å²) in [5.41, 5.74) is 0.732. The Morgan fingerprint density at radius 3 is 2.34 bits per heavy atom. The van der Waals surface area contributed by atoms with Gasteiger partial charge < -0.3 is 14.5 Å². The van der Waals surface area contributed by atoms with Crippen LogP contribution in [0.3, 0.4) is 0 Å². The van der Waals surface area contributed by atoms with Crippen molar-refractivity contribution >= 4 is 33.3 Å². The minimum absolute atomic E-state index is 0.228. The number of rotatable bonds is 10. The average Bonchev–Trinajstić information content (AvgIpc) is 2.76. The molecule has 2 aromatic carbocycles. The number of hydrogen-bond donors (Lipinski definition) is 1. The second-order valence-corrected chi connectivity index (χ2v) is 8.79. The summed E-state index contributed by atoms with van der Waals surface area (Å²) >= 11 is 0. The van der Waals surface area contributed by atoms with Gasteiger partial charge in [0.1, 0.15) is 12.2 Å². The van der Waals surface area contributed by atoms with Gasteiger partial charge in [0.25, 0.3) is 11.6 Å². The first-order chi connectivity index (χ1) is 15.0. The van der Waals surface area contributed by atoms with Crippen LogP contribution in [0.25, 0.3) is 0 Å². The number of nitrogens with zero attached hydrogens (tertiary/aromatic N) is 3. The number of sulfonamides is 1. The Morgan fingerprint density at radius 2 is 1.75 bits per heavy atom. The summed E-state index contributed by atoms with van der Waals surface area (Å²) in [7, 11) is 0.507. The normalized spacial score (nSPS) is 11.0. The first kappa shape index (κ1) is 24.8. The number of nitro groups is 1. The highest BCUT2D eigenvalue weighted by Crippen LogP contribution is 2.29. The van der Waals surface area contributed by atoms with Gasteiger partial charge in [0, 0.05) is 33.8 Å². The van der Waals surface area contributed by atoms with E-state index in [0.29, 0.717) is 6.54 Å². The number of carbonyl (C=O) groups is 2. The largest absolute Gasteiger partial charge is 0.455 e. The van der Waals surface area contributed by atoms with E-state index in [9.17, 15) is 28.1 Å². The van der Waals surface area contributed by atoms with E-state index >= 15 is 0 Å². The molecule has 0 radical (unpaired) electrons. The van der Waals surface area contributed by atoms with Crippen LogP contribution in [-0.2, 0) is 30.9 Å². The summed E-state index contributed by atoms with van der Waals surface area (Å²) in [5.74, 6) is -1.42. The van der Waals surface area contributed by atoms with Crippen molar-refractivity contribution in [3.8, 4) is 0 Å².